The first kappa shape index (κ1) is 23.1. The van der Waals surface area contributed by atoms with E-state index in [1.807, 2.05) is 30.3 Å². The normalized spacial score (nSPS) is 25.4. The Balaban J connectivity index is 1.41. The topological polar surface area (TPSA) is 87.7 Å². The lowest BCUT2D eigenvalue weighted by molar-refractivity contribution is -0.160. The summed E-state index contributed by atoms with van der Waals surface area (Å²) in [6, 6.07) is 9.27. The van der Waals surface area contributed by atoms with Crippen LogP contribution in [0.4, 0.5) is 10.5 Å². The van der Waals surface area contributed by atoms with Crippen LogP contribution in [0, 0.1) is 17.8 Å². The fraction of sp³-hybridized carbons (Fsp3) is 0.625. The van der Waals surface area contributed by atoms with Crippen molar-refractivity contribution in [2.75, 3.05) is 18.4 Å². The van der Waals surface area contributed by atoms with Gasteiger partial charge in [-0.25, -0.2) is 4.79 Å². The number of carbonyl (C=O) groups excluding carboxylic acids is 3. The van der Waals surface area contributed by atoms with Crippen molar-refractivity contribution in [2.24, 2.45) is 17.8 Å². The van der Waals surface area contributed by atoms with Gasteiger partial charge in [-0.1, -0.05) is 44.9 Å². The molecule has 0 spiro atoms. The number of hydrogen-bond donors (Lipinski definition) is 2. The van der Waals surface area contributed by atoms with Crippen molar-refractivity contribution in [3.8, 4) is 0 Å². The number of anilines is 1. The molecule has 1 saturated heterocycles. The Morgan fingerprint density at radius 2 is 1.71 bits per heavy atom. The molecule has 2 aliphatic rings. The molecule has 31 heavy (non-hydrogen) atoms. The fourth-order valence-electron chi connectivity index (χ4n) is 4.45. The molecule has 1 aliphatic heterocycles. The van der Waals surface area contributed by atoms with Gasteiger partial charge in [-0.05, 0) is 50.2 Å². The average molecular weight is 430 g/mol. The monoisotopic (exact) mass is 429 g/mol. The quantitative estimate of drug-likeness (QED) is 0.697. The molecule has 3 rings (SSSR count). The lowest BCUT2D eigenvalue weighted by Gasteiger charge is -2.35. The minimum atomic E-state index is -0.809. The molecule has 2 N–H and O–H groups in total. The van der Waals surface area contributed by atoms with Crippen molar-refractivity contribution in [2.45, 2.75) is 65.0 Å². The molecule has 3 amide bonds. The third-order valence-electron chi connectivity index (χ3n) is 6.84. The van der Waals surface area contributed by atoms with Crippen LogP contribution in [0.25, 0.3) is 0 Å². The summed E-state index contributed by atoms with van der Waals surface area (Å²) in [7, 11) is 0. The van der Waals surface area contributed by atoms with Crippen LogP contribution in [0.15, 0.2) is 30.3 Å². The van der Waals surface area contributed by atoms with Crippen LogP contribution in [0.1, 0.15) is 52.9 Å². The van der Waals surface area contributed by atoms with E-state index >= 15 is 0 Å². The van der Waals surface area contributed by atoms with Crippen molar-refractivity contribution < 1.29 is 19.1 Å². The number of piperidine rings is 1. The molecule has 0 radical (unpaired) electrons. The summed E-state index contributed by atoms with van der Waals surface area (Å²) < 4.78 is 5.48. The largest absolute Gasteiger partial charge is 0.452 e. The number of rotatable bonds is 5. The van der Waals surface area contributed by atoms with E-state index in [1.165, 1.54) is 6.42 Å². The molecule has 1 saturated carbocycles. The van der Waals surface area contributed by atoms with E-state index in [4.69, 9.17) is 4.74 Å². The number of benzene rings is 1. The molecule has 1 aromatic carbocycles. The molecule has 1 heterocycles. The van der Waals surface area contributed by atoms with Gasteiger partial charge < -0.3 is 20.3 Å². The Labute approximate surface area is 184 Å². The van der Waals surface area contributed by atoms with Gasteiger partial charge in [0.2, 0.25) is 0 Å². The molecule has 170 valence electrons. The number of hydrogen-bond acceptors (Lipinski definition) is 4. The van der Waals surface area contributed by atoms with Crippen molar-refractivity contribution >= 4 is 23.6 Å². The highest BCUT2D eigenvalue weighted by Gasteiger charge is 2.33. The van der Waals surface area contributed by atoms with Crippen LogP contribution in [0.2, 0.25) is 0 Å². The van der Waals surface area contributed by atoms with Gasteiger partial charge in [-0.2, -0.15) is 0 Å². The van der Waals surface area contributed by atoms with Crippen LogP contribution < -0.4 is 10.6 Å². The first-order valence-corrected chi connectivity index (χ1v) is 11.5. The number of urea groups is 1. The molecular weight excluding hydrogens is 394 g/mol. The Kier molecular flexibility index (Phi) is 7.93. The van der Waals surface area contributed by atoms with Gasteiger partial charge in [0.05, 0.1) is 5.92 Å². The molecular formula is C24H35N3O4. The van der Waals surface area contributed by atoms with E-state index in [9.17, 15) is 14.4 Å². The second-order valence-corrected chi connectivity index (χ2v) is 9.02. The van der Waals surface area contributed by atoms with Crippen molar-refractivity contribution in [1.82, 2.24) is 10.2 Å². The van der Waals surface area contributed by atoms with Gasteiger partial charge >= 0.3 is 12.0 Å². The number of amides is 3. The van der Waals surface area contributed by atoms with Crippen LogP contribution in [-0.4, -0.2) is 48.0 Å². The average Bonchev–Trinajstić information content (AvgIpc) is 2.77. The Morgan fingerprint density at radius 3 is 2.39 bits per heavy atom. The fourth-order valence-corrected chi connectivity index (χ4v) is 4.45. The summed E-state index contributed by atoms with van der Waals surface area (Å²) >= 11 is 0. The lowest BCUT2D eigenvalue weighted by Crippen LogP contribution is -2.48. The highest BCUT2D eigenvalue weighted by Crippen LogP contribution is 2.29. The molecule has 1 aromatic rings. The summed E-state index contributed by atoms with van der Waals surface area (Å²) in [5, 5.41) is 5.94. The minimum Gasteiger partial charge on any atom is -0.452 e. The van der Waals surface area contributed by atoms with Crippen molar-refractivity contribution in [1.29, 1.82) is 0 Å². The third kappa shape index (κ3) is 6.21. The Morgan fingerprint density at radius 1 is 1.03 bits per heavy atom. The highest BCUT2D eigenvalue weighted by molar-refractivity contribution is 5.89. The van der Waals surface area contributed by atoms with Gasteiger partial charge in [0.1, 0.15) is 0 Å². The second kappa shape index (κ2) is 10.6. The van der Waals surface area contributed by atoms with E-state index in [1.54, 1.807) is 11.8 Å². The van der Waals surface area contributed by atoms with Gasteiger partial charge in [-0.15, -0.1) is 0 Å². The van der Waals surface area contributed by atoms with Gasteiger partial charge in [0.15, 0.2) is 6.10 Å². The van der Waals surface area contributed by atoms with Crippen LogP contribution in [0.5, 0.6) is 0 Å². The van der Waals surface area contributed by atoms with Gasteiger partial charge in [-0.3, -0.25) is 9.59 Å². The van der Waals surface area contributed by atoms with E-state index in [2.05, 4.69) is 24.5 Å². The summed E-state index contributed by atoms with van der Waals surface area (Å²) in [5.74, 6) is 0.146. The number of carbonyl (C=O) groups is 3. The standard InChI is InChI=1S/C24H35N3O4/c1-16-8-7-11-21(17(16)2)26-22(28)18(3)31-23(29)19-12-14-27(15-13-19)24(30)25-20-9-5-4-6-10-20/h4-6,9-10,16-19,21H,7-8,11-15H2,1-3H3,(H,25,30)(H,26,28)/t16-,17-,18-,21-/m1/s1. The van der Waals surface area contributed by atoms with E-state index in [-0.39, 0.29) is 29.9 Å². The zero-order valence-electron chi connectivity index (χ0n) is 18.8. The smallest absolute Gasteiger partial charge is 0.321 e. The molecule has 7 nitrogen and oxygen atoms in total. The Bertz CT molecular complexity index is 761. The zero-order valence-corrected chi connectivity index (χ0v) is 18.8. The summed E-state index contributed by atoms with van der Waals surface area (Å²) in [5.41, 5.74) is 0.746. The maximum Gasteiger partial charge on any atom is 0.321 e. The lowest BCUT2D eigenvalue weighted by atomic mass is 9.78. The highest BCUT2D eigenvalue weighted by atomic mass is 16.5. The van der Waals surface area contributed by atoms with E-state index in [0.717, 1.165) is 18.5 Å². The van der Waals surface area contributed by atoms with Crippen LogP contribution >= 0.6 is 0 Å². The molecule has 2 fully saturated rings. The molecule has 1 aliphatic carbocycles. The number of para-hydroxylation sites is 1. The van der Waals surface area contributed by atoms with E-state index in [0.29, 0.717) is 37.8 Å². The predicted octanol–water partition coefficient (Wildman–Crippen LogP) is 3.80. The van der Waals surface area contributed by atoms with E-state index < -0.39 is 6.10 Å². The second-order valence-electron chi connectivity index (χ2n) is 9.02. The SMILES string of the molecule is C[C@@H]1[C@H](C)CCC[C@H]1NC(=O)[C@@H](C)OC(=O)C1CCN(C(=O)Nc2ccccc2)CC1. The minimum absolute atomic E-state index is 0.142. The number of nitrogens with zero attached hydrogens (tertiary/aromatic N) is 1. The maximum absolute atomic E-state index is 12.6. The Hall–Kier alpha value is -2.57. The number of ether oxygens (including phenoxy) is 1. The van der Waals surface area contributed by atoms with Crippen molar-refractivity contribution in [3.05, 3.63) is 30.3 Å². The molecule has 0 bridgehead atoms. The summed E-state index contributed by atoms with van der Waals surface area (Å²) in [6.45, 7) is 6.99. The number of nitrogens with one attached hydrogen (secondary N) is 2. The van der Waals surface area contributed by atoms with Crippen molar-refractivity contribution in [3.63, 3.8) is 0 Å². The maximum atomic E-state index is 12.6. The third-order valence-corrected chi connectivity index (χ3v) is 6.84. The van der Waals surface area contributed by atoms with Crippen LogP contribution in [0.3, 0.4) is 0 Å². The van der Waals surface area contributed by atoms with Gasteiger partial charge in [0.25, 0.3) is 5.91 Å². The van der Waals surface area contributed by atoms with Crippen LogP contribution in [-0.2, 0) is 14.3 Å². The predicted molar refractivity (Wildman–Crippen MR) is 119 cm³/mol. The molecule has 4 atom stereocenters. The number of esters is 1. The molecule has 7 heteroatoms. The first-order valence-electron chi connectivity index (χ1n) is 11.5. The molecule has 0 aromatic heterocycles. The first-order chi connectivity index (χ1) is 14.8. The number of likely N-dealkylation sites (tertiary alicyclic amines) is 1. The summed E-state index contributed by atoms with van der Waals surface area (Å²) in [6.07, 6.45) is 3.54. The molecule has 0 unspecified atom stereocenters. The summed E-state index contributed by atoms with van der Waals surface area (Å²) in [4.78, 5) is 39.2. The zero-order chi connectivity index (χ0) is 22.4. The van der Waals surface area contributed by atoms with Gasteiger partial charge in [0, 0.05) is 24.8 Å².